The van der Waals surface area contributed by atoms with Gasteiger partial charge in [0, 0.05) is 11.0 Å². The summed E-state index contributed by atoms with van der Waals surface area (Å²) in [6, 6.07) is 3.91. The molecule has 0 saturated carbocycles. The van der Waals surface area contributed by atoms with Crippen LogP contribution < -0.4 is 0 Å². The number of cyclic esters (lactones) is 1. The minimum absolute atomic E-state index is 0.324. The zero-order valence-corrected chi connectivity index (χ0v) is 8.89. The highest BCUT2D eigenvalue weighted by molar-refractivity contribution is 9.12. The van der Waals surface area contributed by atoms with Crippen LogP contribution >= 0.6 is 27.3 Å². The molecule has 13 heavy (non-hydrogen) atoms. The number of halogens is 1. The Bertz CT molecular complexity index is 390. The number of esters is 1. The van der Waals surface area contributed by atoms with Crippen molar-refractivity contribution >= 4 is 39.3 Å². The van der Waals surface area contributed by atoms with Crippen molar-refractivity contribution in [2.24, 2.45) is 0 Å². The zero-order chi connectivity index (χ0) is 9.26. The molecule has 4 heteroatoms. The summed E-state index contributed by atoms with van der Waals surface area (Å²) in [5.74, 6) is 0.252. The van der Waals surface area contributed by atoms with Crippen molar-refractivity contribution in [1.82, 2.24) is 0 Å². The fourth-order valence-corrected chi connectivity index (χ4v) is 1.99. The Hall–Kier alpha value is -0.870. The molecule has 0 atom stereocenters. The van der Waals surface area contributed by atoms with E-state index in [1.165, 1.54) is 6.08 Å². The van der Waals surface area contributed by atoms with E-state index in [0.717, 1.165) is 4.88 Å². The lowest BCUT2D eigenvalue weighted by Gasteiger charge is -1.95. The van der Waals surface area contributed by atoms with Crippen molar-refractivity contribution < 1.29 is 9.53 Å². The minimum Gasteiger partial charge on any atom is -0.422 e. The van der Waals surface area contributed by atoms with Gasteiger partial charge in [-0.15, -0.1) is 11.3 Å². The summed E-state index contributed by atoms with van der Waals surface area (Å²) in [5.41, 5.74) is 0. The smallest absolute Gasteiger partial charge is 0.337 e. The number of thiophene rings is 1. The largest absolute Gasteiger partial charge is 0.422 e. The third kappa shape index (κ3) is 1.89. The van der Waals surface area contributed by atoms with Gasteiger partial charge in [-0.2, -0.15) is 0 Å². The second kappa shape index (κ2) is 3.47. The molecule has 66 valence electrons. The molecule has 0 amide bonds. The number of hydrogen-bond donors (Lipinski definition) is 0. The van der Waals surface area contributed by atoms with E-state index in [4.69, 9.17) is 4.74 Å². The molecular weight excluding hydrogens is 252 g/mol. The maximum absolute atomic E-state index is 10.8. The quantitative estimate of drug-likeness (QED) is 0.723. The molecular formula is C9H5BrO2S. The third-order valence-corrected chi connectivity index (χ3v) is 2.95. The van der Waals surface area contributed by atoms with Gasteiger partial charge in [-0.25, -0.2) is 4.79 Å². The van der Waals surface area contributed by atoms with Gasteiger partial charge in [-0.1, -0.05) is 6.07 Å². The van der Waals surface area contributed by atoms with E-state index >= 15 is 0 Å². The Morgan fingerprint density at radius 3 is 2.92 bits per heavy atom. The lowest BCUT2D eigenvalue weighted by molar-refractivity contribution is -0.132. The van der Waals surface area contributed by atoms with E-state index in [1.54, 1.807) is 11.3 Å². The summed E-state index contributed by atoms with van der Waals surface area (Å²) < 4.78 is 5.64. The Balaban J connectivity index is 2.29. The molecule has 0 N–H and O–H groups in total. The predicted octanol–water partition coefficient (Wildman–Crippen LogP) is 2.92. The average molecular weight is 257 g/mol. The highest BCUT2D eigenvalue weighted by atomic mass is 79.9. The van der Waals surface area contributed by atoms with Gasteiger partial charge in [0.15, 0.2) is 0 Å². The van der Waals surface area contributed by atoms with Crippen LogP contribution in [0.5, 0.6) is 0 Å². The third-order valence-electron chi connectivity index (χ3n) is 1.51. The van der Waals surface area contributed by atoms with Gasteiger partial charge in [-0.3, -0.25) is 0 Å². The lowest BCUT2D eigenvalue weighted by Crippen LogP contribution is -1.89. The zero-order valence-electron chi connectivity index (χ0n) is 6.49. The van der Waals surface area contributed by atoms with E-state index in [1.807, 2.05) is 23.6 Å². The monoisotopic (exact) mass is 256 g/mol. The number of carbonyl (C=O) groups excluding carboxylic acids is 1. The second-order valence-corrected chi connectivity index (χ2v) is 4.27. The molecule has 1 aliphatic rings. The number of carbonyl (C=O) groups is 1. The van der Waals surface area contributed by atoms with E-state index < -0.39 is 0 Å². The van der Waals surface area contributed by atoms with Crippen molar-refractivity contribution in [2.45, 2.75) is 0 Å². The van der Waals surface area contributed by atoms with Crippen LogP contribution in [0.4, 0.5) is 0 Å². The fourth-order valence-electron chi connectivity index (χ4n) is 0.962. The average Bonchev–Trinajstić information content (AvgIpc) is 2.63. The molecule has 0 aliphatic carbocycles. The van der Waals surface area contributed by atoms with E-state index in [0.29, 0.717) is 10.2 Å². The molecule has 0 spiro atoms. The minimum atomic E-state index is -0.324. The first kappa shape index (κ1) is 8.72. The number of ether oxygens (including phenoxy) is 1. The van der Waals surface area contributed by atoms with E-state index in [2.05, 4.69) is 15.9 Å². The number of hydrogen-bond acceptors (Lipinski definition) is 3. The Morgan fingerprint density at radius 1 is 1.54 bits per heavy atom. The topological polar surface area (TPSA) is 26.3 Å². The van der Waals surface area contributed by atoms with Gasteiger partial charge in [-0.05, 0) is 33.5 Å². The number of allylic oxidation sites excluding steroid dienone is 1. The van der Waals surface area contributed by atoms with Gasteiger partial charge in [0.1, 0.15) is 5.76 Å². The van der Waals surface area contributed by atoms with Crippen LogP contribution in [-0.4, -0.2) is 5.97 Å². The van der Waals surface area contributed by atoms with Crippen LogP contribution in [0.25, 0.3) is 6.08 Å². The maximum atomic E-state index is 10.8. The van der Waals surface area contributed by atoms with Gasteiger partial charge < -0.3 is 4.74 Å². The molecule has 0 radical (unpaired) electrons. The Labute approximate surface area is 87.7 Å². The first-order valence-corrected chi connectivity index (χ1v) is 5.27. The molecule has 0 saturated heterocycles. The highest BCUT2D eigenvalue weighted by Crippen LogP contribution is 2.27. The van der Waals surface area contributed by atoms with Crippen molar-refractivity contribution in [1.29, 1.82) is 0 Å². The van der Waals surface area contributed by atoms with Gasteiger partial charge in [0.25, 0.3) is 0 Å². The first-order valence-electron chi connectivity index (χ1n) is 3.60. The molecule has 1 aliphatic heterocycles. The van der Waals surface area contributed by atoms with Gasteiger partial charge >= 0.3 is 5.97 Å². The highest BCUT2D eigenvalue weighted by Gasteiger charge is 2.17. The van der Waals surface area contributed by atoms with Crippen LogP contribution in [0.15, 0.2) is 33.8 Å². The summed E-state index contributed by atoms with van der Waals surface area (Å²) in [6.07, 6.45) is 3.25. The summed E-state index contributed by atoms with van der Waals surface area (Å²) in [5, 5.41) is 1.97. The Morgan fingerprint density at radius 2 is 2.38 bits per heavy atom. The van der Waals surface area contributed by atoms with E-state index in [-0.39, 0.29) is 5.97 Å². The van der Waals surface area contributed by atoms with Gasteiger partial charge in [0.2, 0.25) is 0 Å². The molecule has 0 bridgehead atoms. The molecule has 0 aromatic carbocycles. The molecule has 1 aromatic heterocycles. The molecule has 0 fully saturated rings. The van der Waals surface area contributed by atoms with Crippen LogP contribution in [0.2, 0.25) is 0 Å². The van der Waals surface area contributed by atoms with Crippen molar-refractivity contribution in [3.8, 4) is 0 Å². The standard InChI is InChI=1S/C9H5BrO2S/c10-7-5-9(11)12-8(7)4-6-2-1-3-13-6/h1-5H/b8-4-. The van der Waals surface area contributed by atoms with Crippen molar-refractivity contribution in [3.63, 3.8) is 0 Å². The van der Waals surface area contributed by atoms with Crippen molar-refractivity contribution in [2.75, 3.05) is 0 Å². The normalized spacial score (nSPS) is 19.0. The van der Waals surface area contributed by atoms with E-state index in [9.17, 15) is 4.79 Å². The summed E-state index contributed by atoms with van der Waals surface area (Å²) in [4.78, 5) is 11.9. The molecule has 2 rings (SSSR count). The second-order valence-electron chi connectivity index (χ2n) is 2.44. The van der Waals surface area contributed by atoms with Crippen LogP contribution in [0.1, 0.15) is 4.88 Å². The maximum Gasteiger partial charge on any atom is 0.337 e. The first-order chi connectivity index (χ1) is 6.25. The SMILES string of the molecule is O=C1C=C(Br)/C(=C/c2cccs2)O1. The fraction of sp³-hybridized carbons (Fsp3) is 0. The van der Waals surface area contributed by atoms with Crippen LogP contribution in [-0.2, 0) is 9.53 Å². The van der Waals surface area contributed by atoms with Crippen molar-refractivity contribution in [3.05, 3.63) is 38.7 Å². The Kier molecular flexibility index (Phi) is 2.33. The predicted molar refractivity (Wildman–Crippen MR) is 55.4 cm³/mol. The van der Waals surface area contributed by atoms with Crippen LogP contribution in [0.3, 0.4) is 0 Å². The molecule has 2 heterocycles. The summed E-state index contributed by atoms with van der Waals surface area (Å²) >= 11 is 4.84. The molecule has 1 aromatic rings. The summed E-state index contributed by atoms with van der Waals surface area (Å²) in [6.45, 7) is 0. The molecule has 2 nitrogen and oxygen atoms in total. The molecule has 0 unspecified atom stereocenters. The van der Waals surface area contributed by atoms with Gasteiger partial charge in [0.05, 0.1) is 4.48 Å². The lowest BCUT2D eigenvalue weighted by atomic mass is 10.4. The summed E-state index contributed by atoms with van der Waals surface area (Å²) in [7, 11) is 0. The van der Waals surface area contributed by atoms with Crippen LogP contribution in [0, 0.1) is 0 Å². The number of rotatable bonds is 1.